The Kier molecular flexibility index (Phi) is 5.01. The van der Waals surface area contributed by atoms with Crippen LogP contribution in [0, 0.1) is 0 Å². The van der Waals surface area contributed by atoms with E-state index in [1.807, 2.05) is 6.20 Å². The minimum atomic E-state index is 0.356. The van der Waals surface area contributed by atoms with Crippen molar-refractivity contribution in [2.75, 3.05) is 50.8 Å². The first-order chi connectivity index (χ1) is 11.8. The van der Waals surface area contributed by atoms with Crippen LogP contribution in [0.5, 0.6) is 0 Å². The zero-order valence-corrected chi connectivity index (χ0v) is 15.0. The Morgan fingerprint density at radius 2 is 2.08 bits per heavy atom. The normalized spacial score (nSPS) is 26.3. The minimum Gasteiger partial charge on any atom is -0.378 e. The van der Waals surface area contributed by atoms with Gasteiger partial charge in [-0.05, 0) is 25.8 Å². The fourth-order valence-electron chi connectivity index (χ4n) is 3.98. The van der Waals surface area contributed by atoms with Gasteiger partial charge in [-0.15, -0.1) is 11.3 Å². The largest absolute Gasteiger partial charge is 0.378 e. The second-order valence-corrected chi connectivity index (χ2v) is 8.02. The Morgan fingerprint density at radius 1 is 1.21 bits per heavy atom. The summed E-state index contributed by atoms with van der Waals surface area (Å²) in [4.78, 5) is 24.9. The van der Waals surface area contributed by atoms with E-state index in [1.54, 1.807) is 11.3 Å². The quantitative estimate of drug-likeness (QED) is 0.825. The van der Waals surface area contributed by atoms with E-state index < -0.39 is 0 Å². The molecule has 0 bridgehead atoms. The fraction of sp³-hybridized carbons (Fsp3) is 0.765. The molecule has 1 atom stereocenters. The Bertz CT molecular complexity index is 573. The molecule has 1 amide bonds. The molecule has 0 saturated carbocycles. The summed E-state index contributed by atoms with van der Waals surface area (Å²) >= 11 is 1.80. The molecule has 0 aromatic carbocycles. The lowest BCUT2D eigenvalue weighted by atomic mass is 10.0. The molecule has 4 rings (SSSR count). The molecule has 3 saturated heterocycles. The van der Waals surface area contributed by atoms with Crippen LogP contribution < -0.4 is 4.90 Å². The van der Waals surface area contributed by atoms with Crippen LogP contribution in [0.3, 0.4) is 0 Å². The Morgan fingerprint density at radius 3 is 2.88 bits per heavy atom. The molecule has 3 aliphatic rings. The van der Waals surface area contributed by atoms with E-state index >= 15 is 0 Å². The summed E-state index contributed by atoms with van der Waals surface area (Å²) < 4.78 is 5.41. The minimum absolute atomic E-state index is 0.356. The molecular formula is C17H26N4O2S. The summed E-state index contributed by atoms with van der Waals surface area (Å²) in [5.74, 6) is 0.356. The lowest BCUT2D eigenvalue weighted by molar-refractivity contribution is -0.130. The van der Waals surface area contributed by atoms with Gasteiger partial charge in [0.15, 0.2) is 5.13 Å². The van der Waals surface area contributed by atoms with Crippen LogP contribution in [-0.4, -0.2) is 72.7 Å². The van der Waals surface area contributed by atoms with Gasteiger partial charge in [0.05, 0.1) is 13.2 Å². The number of rotatable bonds is 4. The first-order valence-corrected chi connectivity index (χ1v) is 9.90. The van der Waals surface area contributed by atoms with E-state index in [0.717, 1.165) is 76.9 Å². The molecule has 1 aromatic heterocycles. The second kappa shape index (κ2) is 7.37. The number of amides is 1. The highest BCUT2D eigenvalue weighted by Crippen LogP contribution is 2.27. The number of ether oxygens (including phenoxy) is 1. The van der Waals surface area contributed by atoms with Gasteiger partial charge >= 0.3 is 0 Å². The summed E-state index contributed by atoms with van der Waals surface area (Å²) in [6.07, 6.45) is 6.15. The summed E-state index contributed by atoms with van der Waals surface area (Å²) in [5.41, 5.74) is 0. The van der Waals surface area contributed by atoms with Gasteiger partial charge in [0.2, 0.25) is 5.91 Å². The summed E-state index contributed by atoms with van der Waals surface area (Å²) in [6, 6.07) is 0.417. The van der Waals surface area contributed by atoms with Gasteiger partial charge in [0, 0.05) is 56.3 Å². The van der Waals surface area contributed by atoms with Crippen molar-refractivity contribution in [1.29, 1.82) is 0 Å². The van der Waals surface area contributed by atoms with Crippen LogP contribution in [0.25, 0.3) is 0 Å². The average Bonchev–Trinajstić information content (AvgIpc) is 3.25. The standard InChI is InChI=1S/C17H26N4O2S/c22-16-4-2-6-21(16)14-3-1-5-19(12-14)13-15-11-18-17(24-15)20-7-9-23-10-8-20/h11,14H,1-10,12-13H2/t14-/m1/s1. The molecule has 3 fully saturated rings. The van der Waals surface area contributed by atoms with Crippen LogP contribution in [-0.2, 0) is 16.1 Å². The van der Waals surface area contributed by atoms with Crippen molar-refractivity contribution in [3.05, 3.63) is 11.1 Å². The number of carbonyl (C=O) groups excluding carboxylic acids is 1. The topological polar surface area (TPSA) is 48.9 Å². The number of morpholine rings is 1. The maximum atomic E-state index is 12.0. The van der Waals surface area contributed by atoms with E-state index in [2.05, 4.69) is 19.7 Å². The Balaban J connectivity index is 1.34. The van der Waals surface area contributed by atoms with E-state index in [4.69, 9.17) is 4.74 Å². The van der Waals surface area contributed by atoms with Crippen LogP contribution >= 0.6 is 11.3 Å². The van der Waals surface area contributed by atoms with Crippen molar-refractivity contribution in [2.24, 2.45) is 0 Å². The number of piperidine rings is 1. The van der Waals surface area contributed by atoms with Crippen molar-refractivity contribution in [3.63, 3.8) is 0 Å². The number of hydrogen-bond donors (Lipinski definition) is 0. The van der Waals surface area contributed by atoms with E-state index in [0.29, 0.717) is 11.9 Å². The molecule has 1 aromatic rings. The number of thiazole rings is 1. The lowest BCUT2D eigenvalue weighted by Crippen LogP contribution is -2.47. The van der Waals surface area contributed by atoms with Crippen molar-refractivity contribution >= 4 is 22.4 Å². The van der Waals surface area contributed by atoms with Crippen molar-refractivity contribution in [2.45, 2.75) is 38.3 Å². The van der Waals surface area contributed by atoms with E-state index in [1.165, 1.54) is 11.3 Å². The first-order valence-electron chi connectivity index (χ1n) is 9.09. The van der Waals surface area contributed by atoms with Crippen LogP contribution in [0.4, 0.5) is 5.13 Å². The maximum absolute atomic E-state index is 12.0. The summed E-state index contributed by atoms with van der Waals surface area (Å²) in [5, 5.41) is 1.12. The number of aromatic nitrogens is 1. The predicted octanol–water partition coefficient (Wildman–Crippen LogP) is 1.57. The molecule has 0 aliphatic carbocycles. The number of nitrogens with zero attached hydrogens (tertiary/aromatic N) is 4. The van der Waals surface area contributed by atoms with Crippen LogP contribution in [0.15, 0.2) is 6.20 Å². The fourth-order valence-corrected chi connectivity index (χ4v) is 4.98. The monoisotopic (exact) mass is 350 g/mol. The molecule has 7 heteroatoms. The molecule has 0 spiro atoms. The third-order valence-corrected chi connectivity index (χ3v) is 6.28. The van der Waals surface area contributed by atoms with E-state index in [-0.39, 0.29) is 0 Å². The number of hydrogen-bond acceptors (Lipinski definition) is 6. The van der Waals surface area contributed by atoms with Gasteiger partial charge < -0.3 is 14.5 Å². The van der Waals surface area contributed by atoms with Gasteiger partial charge in [-0.1, -0.05) is 0 Å². The molecule has 0 unspecified atom stereocenters. The molecule has 132 valence electrons. The van der Waals surface area contributed by atoms with Gasteiger partial charge in [-0.2, -0.15) is 0 Å². The third kappa shape index (κ3) is 3.58. The summed E-state index contributed by atoms with van der Waals surface area (Å²) in [7, 11) is 0. The highest BCUT2D eigenvalue weighted by atomic mass is 32.1. The number of anilines is 1. The second-order valence-electron chi connectivity index (χ2n) is 6.93. The first kappa shape index (κ1) is 16.3. The molecule has 0 radical (unpaired) electrons. The predicted molar refractivity (Wildman–Crippen MR) is 94.4 cm³/mol. The maximum Gasteiger partial charge on any atom is 0.222 e. The molecule has 6 nitrogen and oxygen atoms in total. The highest BCUT2D eigenvalue weighted by molar-refractivity contribution is 7.15. The Labute approximate surface area is 147 Å². The van der Waals surface area contributed by atoms with E-state index in [9.17, 15) is 4.79 Å². The van der Waals surface area contributed by atoms with Crippen molar-refractivity contribution in [3.8, 4) is 0 Å². The number of carbonyl (C=O) groups is 1. The summed E-state index contributed by atoms with van der Waals surface area (Å²) in [6.45, 7) is 7.53. The molecule has 3 aliphatic heterocycles. The van der Waals surface area contributed by atoms with Gasteiger partial charge in [-0.25, -0.2) is 4.98 Å². The Hall–Kier alpha value is -1.18. The zero-order valence-electron chi connectivity index (χ0n) is 14.2. The smallest absolute Gasteiger partial charge is 0.222 e. The molecule has 24 heavy (non-hydrogen) atoms. The van der Waals surface area contributed by atoms with Gasteiger partial charge in [0.25, 0.3) is 0 Å². The van der Waals surface area contributed by atoms with Crippen molar-refractivity contribution < 1.29 is 9.53 Å². The van der Waals surface area contributed by atoms with Gasteiger partial charge in [-0.3, -0.25) is 9.69 Å². The number of likely N-dealkylation sites (tertiary alicyclic amines) is 2. The van der Waals surface area contributed by atoms with Crippen LogP contribution in [0.2, 0.25) is 0 Å². The molecule has 0 N–H and O–H groups in total. The van der Waals surface area contributed by atoms with Crippen LogP contribution in [0.1, 0.15) is 30.6 Å². The SMILES string of the molecule is O=C1CCCN1[C@@H]1CCCN(Cc2cnc(N3CCOCC3)s2)C1. The van der Waals surface area contributed by atoms with Crippen molar-refractivity contribution in [1.82, 2.24) is 14.8 Å². The third-order valence-electron chi connectivity index (χ3n) is 5.23. The zero-order chi connectivity index (χ0) is 16.4. The lowest BCUT2D eigenvalue weighted by Gasteiger charge is -2.37. The molecular weight excluding hydrogens is 324 g/mol. The average molecular weight is 350 g/mol. The highest BCUT2D eigenvalue weighted by Gasteiger charge is 2.31. The van der Waals surface area contributed by atoms with Gasteiger partial charge in [0.1, 0.15) is 0 Å². The molecule has 4 heterocycles.